The molecule has 0 unspecified atom stereocenters. The molecule has 0 radical (unpaired) electrons. The molecule has 114 valence electrons. The van der Waals surface area contributed by atoms with Gasteiger partial charge in [-0.15, -0.1) is 0 Å². The van der Waals surface area contributed by atoms with Gasteiger partial charge in [-0.25, -0.2) is 0 Å². The summed E-state index contributed by atoms with van der Waals surface area (Å²) in [6.07, 6.45) is 2.13. The van der Waals surface area contributed by atoms with Crippen molar-refractivity contribution in [2.75, 3.05) is 0 Å². The number of fused-ring (bicyclic) bond motifs is 2. The van der Waals surface area contributed by atoms with E-state index in [1.165, 1.54) is 0 Å². The predicted molar refractivity (Wildman–Crippen MR) is 80.6 cm³/mol. The number of hydrogen-bond acceptors (Lipinski definition) is 3. The number of carbonyl (C=O) groups is 1. The van der Waals surface area contributed by atoms with Crippen LogP contribution in [-0.2, 0) is 20.9 Å². The van der Waals surface area contributed by atoms with Crippen LogP contribution in [0.4, 0.5) is 0 Å². The zero-order valence-electron chi connectivity index (χ0n) is 13.0. The van der Waals surface area contributed by atoms with Crippen molar-refractivity contribution >= 4 is 6.47 Å². The second-order valence-corrected chi connectivity index (χ2v) is 7.20. The minimum atomic E-state index is -0.111. The van der Waals surface area contributed by atoms with Crippen molar-refractivity contribution in [2.45, 2.75) is 52.4 Å². The molecule has 0 saturated heterocycles. The summed E-state index contributed by atoms with van der Waals surface area (Å²) in [4.78, 5) is 10.9. The van der Waals surface area contributed by atoms with E-state index in [-0.39, 0.29) is 23.0 Å². The quantitative estimate of drug-likeness (QED) is 0.777. The Bertz CT molecular complexity index is 510. The highest BCUT2D eigenvalue weighted by atomic mass is 16.6. The second-order valence-electron chi connectivity index (χ2n) is 7.20. The fourth-order valence-electron chi connectivity index (χ4n) is 4.49. The van der Waals surface area contributed by atoms with E-state index < -0.39 is 0 Å². The number of carbonyl (C=O) groups excluding carboxylic acids is 1. The predicted octanol–water partition coefficient (Wildman–Crippen LogP) is 3.57. The van der Waals surface area contributed by atoms with Crippen LogP contribution in [0.15, 0.2) is 30.3 Å². The van der Waals surface area contributed by atoms with Crippen molar-refractivity contribution in [3.8, 4) is 0 Å². The minimum Gasteiger partial charge on any atom is -0.461 e. The first-order valence-electron chi connectivity index (χ1n) is 7.75. The van der Waals surface area contributed by atoms with Gasteiger partial charge < -0.3 is 9.47 Å². The van der Waals surface area contributed by atoms with Crippen LogP contribution in [0.1, 0.15) is 39.2 Å². The zero-order chi connectivity index (χ0) is 15.1. The summed E-state index contributed by atoms with van der Waals surface area (Å²) in [6.45, 7) is 8.03. The van der Waals surface area contributed by atoms with Gasteiger partial charge in [0.05, 0.1) is 6.61 Å². The highest BCUT2D eigenvalue weighted by Crippen LogP contribution is 2.66. The molecular formula is C18H24O3. The Morgan fingerprint density at radius 3 is 2.62 bits per heavy atom. The molecule has 3 nitrogen and oxygen atoms in total. The standard InChI is InChI=1S/C18H24O3/c1-17(2)14-9-10-18(17,3)16(15(14)21-12-19)20-11-13-7-5-4-6-8-13/h4-8,12,14-16H,9-11H2,1-3H3/t14-,15-,16+,18-/m0/s1. The third-order valence-electron chi connectivity index (χ3n) is 6.18. The van der Waals surface area contributed by atoms with Crippen LogP contribution in [0, 0.1) is 16.7 Å². The van der Waals surface area contributed by atoms with Crippen LogP contribution in [0.2, 0.25) is 0 Å². The summed E-state index contributed by atoms with van der Waals surface area (Å²) >= 11 is 0. The van der Waals surface area contributed by atoms with Crippen molar-refractivity contribution in [1.29, 1.82) is 0 Å². The maximum Gasteiger partial charge on any atom is 0.293 e. The molecule has 1 aromatic carbocycles. The largest absolute Gasteiger partial charge is 0.461 e. The SMILES string of the molecule is CC1(C)[C@H]2CC[C@@]1(C)[C@H](OCc1ccccc1)[C@H]2OC=O. The first-order chi connectivity index (χ1) is 10.0. The van der Waals surface area contributed by atoms with Gasteiger partial charge in [0, 0.05) is 11.3 Å². The lowest BCUT2D eigenvalue weighted by molar-refractivity contribution is -0.153. The van der Waals surface area contributed by atoms with E-state index in [0.717, 1.165) is 18.4 Å². The van der Waals surface area contributed by atoms with Gasteiger partial charge in [0.1, 0.15) is 12.2 Å². The maximum absolute atomic E-state index is 10.9. The number of rotatable bonds is 5. The van der Waals surface area contributed by atoms with Crippen LogP contribution < -0.4 is 0 Å². The van der Waals surface area contributed by atoms with Crippen LogP contribution in [0.25, 0.3) is 0 Å². The van der Waals surface area contributed by atoms with Gasteiger partial charge in [0.2, 0.25) is 0 Å². The minimum absolute atomic E-state index is 0.0170. The van der Waals surface area contributed by atoms with E-state index in [4.69, 9.17) is 9.47 Å². The Kier molecular flexibility index (Phi) is 3.56. The van der Waals surface area contributed by atoms with Gasteiger partial charge in [-0.2, -0.15) is 0 Å². The molecule has 2 saturated carbocycles. The van der Waals surface area contributed by atoms with E-state index in [0.29, 0.717) is 19.0 Å². The molecule has 2 aliphatic rings. The number of hydrogen-bond donors (Lipinski definition) is 0. The third-order valence-corrected chi connectivity index (χ3v) is 6.18. The van der Waals surface area contributed by atoms with Gasteiger partial charge in [-0.05, 0) is 23.8 Å². The van der Waals surface area contributed by atoms with Crippen LogP contribution in [-0.4, -0.2) is 18.7 Å². The second kappa shape index (κ2) is 5.13. The average molecular weight is 288 g/mol. The van der Waals surface area contributed by atoms with Gasteiger partial charge in [0.25, 0.3) is 6.47 Å². The normalized spacial score (nSPS) is 36.6. The molecule has 0 heterocycles. The molecule has 3 heteroatoms. The van der Waals surface area contributed by atoms with Crippen molar-refractivity contribution in [2.24, 2.45) is 16.7 Å². The van der Waals surface area contributed by atoms with Crippen LogP contribution >= 0.6 is 0 Å². The molecule has 2 fully saturated rings. The van der Waals surface area contributed by atoms with Gasteiger partial charge in [0.15, 0.2) is 0 Å². The summed E-state index contributed by atoms with van der Waals surface area (Å²) in [5.41, 5.74) is 1.37. The summed E-state index contributed by atoms with van der Waals surface area (Å²) in [7, 11) is 0. The molecule has 3 rings (SSSR count). The third kappa shape index (κ3) is 2.10. The molecule has 0 amide bonds. The van der Waals surface area contributed by atoms with Crippen molar-refractivity contribution in [3.05, 3.63) is 35.9 Å². The number of ether oxygens (including phenoxy) is 2. The lowest BCUT2D eigenvalue weighted by atomic mass is 9.70. The van der Waals surface area contributed by atoms with E-state index >= 15 is 0 Å². The average Bonchev–Trinajstić information content (AvgIpc) is 2.78. The first kappa shape index (κ1) is 14.6. The smallest absolute Gasteiger partial charge is 0.293 e. The Labute approximate surface area is 126 Å². The highest BCUT2D eigenvalue weighted by molar-refractivity contribution is 5.38. The summed E-state index contributed by atoms with van der Waals surface area (Å²) in [6, 6.07) is 10.2. The molecule has 4 atom stereocenters. The van der Waals surface area contributed by atoms with Crippen molar-refractivity contribution < 1.29 is 14.3 Å². The lowest BCUT2D eigenvalue weighted by Crippen LogP contribution is -2.42. The summed E-state index contributed by atoms with van der Waals surface area (Å²) < 4.78 is 11.7. The molecule has 2 bridgehead atoms. The van der Waals surface area contributed by atoms with Crippen molar-refractivity contribution in [3.63, 3.8) is 0 Å². The highest BCUT2D eigenvalue weighted by Gasteiger charge is 2.67. The molecular weight excluding hydrogens is 264 g/mol. The van der Waals surface area contributed by atoms with Gasteiger partial charge in [-0.1, -0.05) is 51.1 Å². The van der Waals surface area contributed by atoms with E-state index in [2.05, 4.69) is 32.9 Å². The van der Waals surface area contributed by atoms with E-state index in [9.17, 15) is 4.79 Å². The fourth-order valence-corrected chi connectivity index (χ4v) is 4.49. The van der Waals surface area contributed by atoms with Gasteiger partial charge in [-0.3, -0.25) is 4.79 Å². The molecule has 0 aliphatic heterocycles. The van der Waals surface area contributed by atoms with Crippen molar-refractivity contribution in [1.82, 2.24) is 0 Å². The lowest BCUT2D eigenvalue weighted by Gasteiger charge is -2.39. The van der Waals surface area contributed by atoms with E-state index in [1.54, 1.807) is 0 Å². The van der Waals surface area contributed by atoms with Gasteiger partial charge >= 0.3 is 0 Å². The van der Waals surface area contributed by atoms with E-state index in [1.807, 2.05) is 18.2 Å². The molecule has 0 N–H and O–H groups in total. The fraction of sp³-hybridized carbons (Fsp3) is 0.611. The number of benzene rings is 1. The summed E-state index contributed by atoms with van der Waals surface area (Å²) in [5.74, 6) is 0.397. The molecule has 2 aliphatic carbocycles. The molecule has 0 aromatic heterocycles. The maximum atomic E-state index is 10.9. The Balaban J connectivity index is 1.80. The van der Waals surface area contributed by atoms with Crippen LogP contribution in [0.3, 0.4) is 0 Å². The molecule has 1 aromatic rings. The molecule has 21 heavy (non-hydrogen) atoms. The zero-order valence-corrected chi connectivity index (χ0v) is 13.0. The first-order valence-corrected chi connectivity index (χ1v) is 7.75. The molecule has 0 spiro atoms. The Morgan fingerprint density at radius 1 is 1.24 bits per heavy atom. The van der Waals surface area contributed by atoms with Crippen LogP contribution in [0.5, 0.6) is 0 Å². The topological polar surface area (TPSA) is 35.5 Å². The Morgan fingerprint density at radius 2 is 1.95 bits per heavy atom. The summed E-state index contributed by atoms with van der Waals surface area (Å²) in [5, 5.41) is 0. The monoisotopic (exact) mass is 288 g/mol. The Hall–Kier alpha value is -1.35.